The monoisotopic (exact) mass is 521 g/mol. The highest BCUT2D eigenvalue weighted by Crippen LogP contribution is 2.39. The molecule has 36 heavy (non-hydrogen) atoms. The van der Waals surface area contributed by atoms with Gasteiger partial charge in [-0.2, -0.15) is 13.2 Å². The molecule has 3 rings (SSSR count). The van der Waals surface area contributed by atoms with Crippen molar-refractivity contribution in [1.29, 1.82) is 0 Å². The number of hydrogen-bond acceptors (Lipinski definition) is 6. The van der Waals surface area contributed by atoms with Gasteiger partial charge in [0, 0.05) is 5.56 Å². The van der Waals surface area contributed by atoms with Gasteiger partial charge >= 0.3 is 12.1 Å². The van der Waals surface area contributed by atoms with E-state index < -0.39 is 28.9 Å². The van der Waals surface area contributed by atoms with Crippen LogP contribution in [0.4, 0.5) is 13.2 Å². The molecule has 0 unspecified atom stereocenters. The summed E-state index contributed by atoms with van der Waals surface area (Å²) in [4.78, 5) is 17.6. The number of halogens is 3. The third kappa shape index (κ3) is 6.19. The first-order valence-electron chi connectivity index (χ1n) is 11.5. The zero-order valence-electron chi connectivity index (χ0n) is 21.4. The van der Waals surface area contributed by atoms with E-state index in [1.165, 1.54) is 23.5 Å². The second kappa shape index (κ2) is 10.1. The molecule has 0 atom stereocenters. The minimum absolute atomic E-state index is 0.268. The Labute approximate surface area is 213 Å². The Kier molecular flexibility index (Phi) is 7.74. The van der Waals surface area contributed by atoms with E-state index in [9.17, 15) is 18.0 Å². The Bertz CT molecular complexity index is 1230. The normalized spacial score (nSPS) is 12.4. The first-order valence-corrected chi connectivity index (χ1v) is 12.3. The van der Waals surface area contributed by atoms with Crippen LogP contribution in [-0.4, -0.2) is 23.2 Å². The molecule has 0 aliphatic heterocycles. The van der Waals surface area contributed by atoms with Gasteiger partial charge in [0.2, 0.25) is 0 Å². The van der Waals surface area contributed by atoms with Gasteiger partial charge < -0.3 is 14.2 Å². The lowest BCUT2D eigenvalue weighted by atomic mass is 10.1. The van der Waals surface area contributed by atoms with Crippen molar-refractivity contribution < 1.29 is 32.2 Å². The van der Waals surface area contributed by atoms with Crippen LogP contribution in [0, 0.1) is 13.8 Å². The number of ether oxygens (including phenoxy) is 3. The maximum Gasteiger partial charge on any atom is 0.416 e. The number of esters is 1. The third-order valence-corrected chi connectivity index (χ3v) is 6.97. The molecule has 5 nitrogen and oxygen atoms in total. The summed E-state index contributed by atoms with van der Waals surface area (Å²) in [6, 6.07) is 10.3. The van der Waals surface area contributed by atoms with Gasteiger partial charge in [-0.05, 0) is 84.4 Å². The van der Waals surface area contributed by atoms with E-state index in [4.69, 9.17) is 14.2 Å². The van der Waals surface area contributed by atoms with Crippen molar-refractivity contribution in [1.82, 2.24) is 4.98 Å². The molecule has 194 valence electrons. The summed E-state index contributed by atoms with van der Waals surface area (Å²) in [7, 11) is 0. The van der Waals surface area contributed by atoms with Crippen LogP contribution < -0.4 is 9.47 Å². The fourth-order valence-electron chi connectivity index (χ4n) is 3.64. The van der Waals surface area contributed by atoms with E-state index in [0.29, 0.717) is 22.1 Å². The van der Waals surface area contributed by atoms with Gasteiger partial charge in [0.1, 0.15) is 22.1 Å². The van der Waals surface area contributed by atoms with Crippen LogP contribution in [0.5, 0.6) is 11.5 Å². The van der Waals surface area contributed by atoms with Gasteiger partial charge in [-0.1, -0.05) is 12.1 Å². The molecular weight excluding hydrogens is 491 g/mol. The lowest BCUT2D eigenvalue weighted by molar-refractivity contribution is -0.158. The van der Waals surface area contributed by atoms with Crippen LogP contribution in [0.25, 0.3) is 10.6 Å². The topological polar surface area (TPSA) is 57.7 Å². The predicted molar refractivity (Wildman–Crippen MR) is 133 cm³/mol. The number of carbonyl (C=O) groups is 1. The second-order valence-electron chi connectivity index (χ2n) is 9.38. The molecule has 0 aliphatic carbocycles. The standard InChI is InChI=1S/C27H30F3NO4S/c1-8-33-24(32)26(6,7)35-21-14-13-20(15-16(21)2)34-25(4,5)22-17(3)31-23(36-22)18-9-11-19(12-10-18)27(28,29)30/h9-15H,8H2,1-7H3. The summed E-state index contributed by atoms with van der Waals surface area (Å²) in [5, 5.41) is 0.619. The summed E-state index contributed by atoms with van der Waals surface area (Å²) in [6.07, 6.45) is -4.38. The van der Waals surface area contributed by atoms with Crippen LogP contribution >= 0.6 is 11.3 Å². The van der Waals surface area contributed by atoms with E-state index in [2.05, 4.69) is 4.98 Å². The van der Waals surface area contributed by atoms with Crippen LogP contribution in [-0.2, 0) is 21.3 Å². The predicted octanol–water partition coefficient (Wildman–Crippen LogP) is 7.48. The maximum atomic E-state index is 12.9. The fourth-order valence-corrected chi connectivity index (χ4v) is 4.75. The average Bonchev–Trinajstić information content (AvgIpc) is 3.18. The summed E-state index contributed by atoms with van der Waals surface area (Å²) in [5.74, 6) is 0.690. The zero-order chi connectivity index (χ0) is 26.9. The Morgan fingerprint density at radius 1 is 0.972 bits per heavy atom. The molecule has 0 fully saturated rings. The number of thiazole rings is 1. The molecule has 1 aromatic heterocycles. The van der Waals surface area contributed by atoms with E-state index >= 15 is 0 Å². The average molecular weight is 522 g/mol. The van der Waals surface area contributed by atoms with Gasteiger partial charge in [0.05, 0.1) is 22.7 Å². The van der Waals surface area contributed by atoms with E-state index in [1.54, 1.807) is 32.9 Å². The summed E-state index contributed by atoms with van der Waals surface area (Å²) in [6.45, 7) is 12.8. The Morgan fingerprint density at radius 2 is 1.61 bits per heavy atom. The summed E-state index contributed by atoms with van der Waals surface area (Å²) >= 11 is 1.38. The van der Waals surface area contributed by atoms with Crippen LogP contribution in [0.15, 0.2) is 42.5 Å². The largest absolute Gasteiger partial charge is 0.482 e. The molecule has 2 aromatic carbocycles. The molecule has 0 aliphatic rings. The van der Waals surface area contributed by atoms with Crippen molar-refractivity contribution in [2.75, 3.05) is 6.61 Å². The maximum absolute atomic E-state index is 12.9. The Balaban J connectivity index is 1.80. The Hall–Kier alpha value is -3.07. The van der Waals surface area contributed by atoms with Gasteiger partial charge in [0.15, 0.2) is 5.60 Å². The Morgan fingerprint density at radius 3 is 2.17 bits per heavy atom. The highest BCUT2D eigenvalue weighted by molar-refractivity contribution is 7.15. The molecule has 0 amide bonds. The number of hydrogen-bond donors (Lipinski definition) is 0. The van der Waals surface area contributed by atoms with Crippen molar-refractivity contribution in [3.05, 3.63) is 64.2 Å². The van der Waals surface area contributed by atoms with E-state index in [0.717, 1.165) is 28.3 Å². The summed E-state index contributed by atoms with van der Waals surface area (Å²) < 4.78 is 56.0. The number of benzene rings is 2. The molecule has 0 saturated heterocycles. The first kappa shape index (κ1) is 27.5. The zero-order valence-corrected chi connectivity index (χ0v) is 22.2. The van der Waals surface area contributed by atoms with Crippen molar-refractivity contribution in [2.45, 2.75) is 65.8 Å². The quantitative estimate of drug-likeness (QED) is 0.288. The van der Waals surface area contributed by atoms with Gasteiger partial charge in [0.25, 0.3) is 0 Å². The lowest BCUT2D eigenvalue weighted by Gasteiger charge is -2.27. The molecule has 0 radical (unpaired) electrons. The molecule has 0 bridgehead atoms. The number of aromatic nitrogens is 1. The van der Waals surface area contributed by atoms with Crippen molar-refractivity contribution in [2.24, 2.45) is 0 Å². The highest BCUT2D eigenvalue weighted by atomic mass is 32.1. The molecule has 0 N–H and O–H groups in total. The van der Waals surface area contributed by atoms with Crippen molar-refractivity contribution >= 4 is 17.3 Å². The molecule has 9 heteroatoms. The highest BCUT2D eigenvalue weighted by Gasteiger charge is 2.33. The lowest BCUT2D eigenvalue weighted by Crippen LogP contribution is -2.39. The van der Waals surface area contributed by atoms with Crippen LogP contribution in [0.3, 0.4) is 0 Å². The summed E-state index contributed by atoms with van der Waals surface area (Å²) in [5.41, 5.74) is -0.460. The number of rotatable bonds is 8. The van der Waals surface area contributed by atoms with E-state index in [1.807, 2.05) is 33.8 Å². The van der Waals surface area contributed by atoms with Crippen molar-refractivity contribution in [3.63, 3.8) is 0 Å². The minimum atomic E-state index is -4.38. The minimum Gasteiger partial charge on any atom is -0.482 e. The van der Waals surface area contributed by atoms with Crippen LogP contribution in [0.2, 0.25) is 0 Å². The molecular formula is C27H30F3NO4S. The van der Waals surface area contributed by atoms with Gasteiger partial charge in [-0.15, -0.1) is 11.3 Å². The van der Waals surface area contributed by atoms with Crippen molar-refractivity contribution in [3.8, 4) is 22.1 Å². The number of nitrogens with zero attached hydrogens (tertiary/aromatic N) is 1. The third-order valence-electron chi connectivity index (χ3n) is 5.45. The molecule has 3 aromatic rings. The number of aryl methyl sites for hydroxylation is 2. The number of alkyl halides is 3. The SMILES string of the molecule is CCOC(=O)C(C)(C)Oc1ccc(OC(C)(C)c2sc(-c3ccc(C(F)(F)F)cc3)nc2C)cc1C. The number of carbonyl (C=O) groups excluding carboxylic acids is 1. The van der Waals surface area contributed by atoms with Crippen LogP contribution in [0.1, 0.15) is 56.3 Å². The van der Waals surface area contributed by atoms with Gasteiger partial charge in [-0.25, -0.2) is 9.78 Å². The van der Waals surface area contributed by atoms with Gasteiger partial charge in [-0.3, -0.25) is 0 Å². The smallest absolute Gasteiger partial charge is 0.416 e. The van der Waals surface area contributed by atoms with E-state index in [-0.39, 0.29) is 6.61 Å². The molecule has 0 saturated carbocycles. The molecule has 0 spiro atoms. The first-order chi connectivity index (χ1) is 16.6. The fraction of sp³-hybridized carbons (Fsp3) is 0.407. The molecule has 1 heterocycles. The second-order valence-corrected chi connectivity index (χ2v) is 10.4.